The van der Waals surface area contributed by atoms with Gasteiger partial charge in [-0.05, 0) is 66.5 Å². The Balaban J connectivity index is 1.41. The van der Waals surface area contributed by atoms with Crippen molar-refractivity contribution in [3.05, 3.63) is 58.3 Å². The van der Waals surface area contributed by atoms with Gasteiger partial charge in [-0.1, -0.05) is 25.1 Å². The number of halogens is 1. The predicted molar refractivity (Wildman–Crippen MR) is 118 cm³/mol. The average Bonchev–Trinajstić information content (AvgIpc) is 3.20. The third kappa shape index (κ3) is 3.17. The first kappa shape index (κ1) is 20.9. The summed E-state index contributed by atoms with van der Waals surface area (Å²) in [4.78, 5) is 12.2. The maximum atomic E-state index is 15.0. The summed E-state index contributed by atoms with van der Waals surface area (Å²) in [6, 6.07) is 12.8. The summed E-state index contributed by atoms with van der Waals surface area (Å²) in [5.74, 6) is -0.367. The first-order valence-electron chi connectivity index (χ1n) is 11.1. The van der Waals surface area contributed by atoms with Crippen molar-refractivity contribution in [3.63, 3.8) is 0 Å². The Morgan fingerprint density at radius 2 is 2.03 bits per heavy atom. The summed E-state index contributed by atoms with van der Waals surface area (Å²) in [6.07, 6.45) is 2.85. The number of rotatable bonds is 8. The number of hydrogen-bond donors (Lipinski definition) is 1. The Morgan fingerprint density at radius 1 is 1.25 bits per heavy atom. The zero-order chi connectivity index (χ0) is 22.5. The van der Waals surface area contributed by atoms with Crippen molar-refractivity contribution in [1.29, 1.82) is 5.26 Å². The van der Waals surface area contributed by atoms with Gasteiger partial charge in [-0.2, -0.15) is 5.26 Å². The maximum absolute atomic E-state index is 15.0. The van der Waals surface area contributed by atoms with Crippen LogP contribution in [-0.2, 0) is 17.7 Å². The standard InChI is InChI=1S/C25H26FN3O3/c1-2-8-31-9-7-29-21-11-17(5-6-22(21)32-23(29)30)16-3-4-18(20(26)10-16)12-24(15-27)13-19-14-25(19,24)28/h3-6,10-11,19H,2,7-9,12-14,28H2,1H3/t19?,24-,25?/m0/s1. The molecule has 2 unspecified atom stereocenters. The average molecular weight is 435 g/mol. The summed E-state index contributed by atoms with van der Waals surface area (Å²) < 4.78 is 27.4. The van der Waals surface area contributed by atoms with Crippen molar-refractivity contribution in [2.45, 2.75) is 44.7 Å². The number of ether oxygens (including phenoxy) is 1. The highest BCUT2D eigenvalue weighted by atomic mass is 19.1. The van der Waals surface area contributed by atoms with Gasteiger partial charge in [-0.3, -0.25) is 4.57 Å². The van der Waals surface area contributed by atoms with Crippen LogP contribution in [0, 0.1) is 28.5 Å². The van der Waals surface area contributed by atoms with E-state index in [9.17, 15) is 10.1 Å². The van der Waals surface area contributed by atoms with Crippen LogP contribution in [-0.4, -0.2) is 23.3 Å². The third-order valence-electron chi connectivity index (χ3n) is 7.21. The summed E-state index contributed by atoms with van der Waals surface area (Å²) in [6.45, 7) is 3.47. The van der Waals surface area contributed by atoms with Gasteiger partial charge >= 0.3 is 5.76 Å². The van der Waals surface area contributed by atoms with Gasteiger partial charge in [0.15, 0.2) is 5.58 Å². The highest BCUT2D eigenvalue weighted by Crippen LogP contribution is 2.69. The van der Waals surface area contributed by atoms with Crippen LogP contribution in [0.15, 0.2) is 45.6 Å². The Kier molecular flexibility index (Phi) is 4.95. The molecule has 32 heavy (non-hydrogen) atoms. The largest absolute Gasteiger partial charge is 0.420 e. The lowest BCUT2D eigenvalue weighted by atomic mass is 9.62. The summed E-state index contributed by atoms with van der Waals surface area (Å²) >= 11 is 0. The molecule has 1 aromatic heterocycles. The van der Waals surface area contributed by atoms with E-state index in [4.69, 9.17) is 14.9 Å². The monoisotopic (exact) mass is 435 g/mol. The van der Waals surface area contributed by atoms with Crippen molar-refractivity contribution >= 4 is 11.1 Å². The Hall–Kier alpha value is -2.95. The van der Waals surface area contributed by atoms with Crippen LogP contribution in [0.25, 0.3) is 22.2 Å². The first-order valence-corrected chi connectivity index (χ1v) is 11.1. The van der Waals surface area contributed by atoms with Crippen LogP contribution < -0.4 is 11.5 Å². The number of fused-ring (bicyclic) bond motifs is 2. The van der Waals surface area contributed by atoms with Gasteiger partial charge < -0.3 is 14.9 Å². The fourth-order valence-corrected chi connectivity index (χ4v) is 5.15. The Bertz CT molecular complexity index is 1290. The minimum atomic E-state index is -0.661. The summed E-state index contributed by atoms with van der Waals surface area (Å²) in [5, 5.41) is 9.71. The van der Waals surface area contributed by atoms with Crippen molar-refractivity contribution < 1.29 is 13.5 Å². The number of nitrogens with two attached hydrogens (primary N) is 1. The normalized spacial score (nSPS) is 25.9. The van der Waals surface area contributed by atoms with Crippen LogP contribution in [0.3, 0.4) is 0 Å². The molecule has 5 rings (SSSR count). The second kappa shape index (κ2) is 7.58. The molecule has 0 spiro atoms. The van der Waals surface area contributed by atoms with Gasteiger partial charge in [-0.15, -0.1) is 0 Å². The van der Waals surface area contributed by atoms with Gasteiger partial charge in [-0.25, -0.2) is 9.18 Å². The minimum absolute atomic E-state index is 0.334. The fraction of sp³-hybridized carbons (Fsp3) is 0.440. The van der Waals surface area contributed by atoms with Gasteiger partial charge in [0.1, 0.15) is 5.82 Å². The molecule has 0 saturated heterocycles. The van der Waals surface area contributed by atoms with E-state index < -0.39 is 16.7 Å². The van der Waals surface area contributed by atoms with E-state index in [1.54, 1.807) is 16.7 Å². The lowest BCUT2D eigenvalue weighted by molar-refractivity contribution is 0.126. The highest BCUT2D eigenvalue weighted by Gasteiger charge is 2.74. The van der Waals surface area contributed by atoms with Crippen LogP contribution in [0.2, 0.25) is 0 Å². The second-order valence-corrected chi connectivity index (χ2v) is 9.14. The molecule has 0 radical (unpaired) electrons. The number of oxazole rings is 1. The van der Waals surface area contributed by atoms with E-state index in [1.165, 1.54) is 6.07 Å². The van der Waals surface area contributed by atoms with E-state index in [-0.39, 0.29) is 5.82 Å². The van der Waals surface area contributed by atoms with Crippen molar-refractivity contribution in [3.8, 4) is 17.2 Å². The molecule has 2 fully saturated rings. The van der Waals surface area contributed by atoms with Crippen LogP contribution in [0.4, 0.5) is 4.39 Å². The van der Waals surface area contributed by atoms with E-state index in [2.05, 4.69) is 6.07 Å². The molecule has 2 aliphatic carbocycles. The molecular formula is C25H26FN3O3. The molecule has 2 aliphatic rings. The summed E-state index contributed by atoms with van der Waals surface area (Å²) in [7, 11) is 0. The number of aromatic nitrogens is 1. The lowest BCUT2D eigenvalue weighted by Gasteiger charge is -2.42. The predicted octanol–water partition coefficient (Wildman–Crippen LogP) is 4.00. The SMILES string of the molecule is CCCOCCn1c(=O)oc2ccc(-c3ccc(C[C@@]4(C#N)CC5CC54N)c(F)c3)cc21. The van der Waals surface area contributed by atoms with Crippen LogP contribution >= 0.6 is 0 Å². The molecule has 0 bridgehead atoms. The molecule has 6 nitrogen and oxygen atoms in total. The molecular weight excluding hydrogens is 409 g/mol. The number of benzene rings is 2. The van der Waals surface area contributed by atoms with Gasteiger partial charge in [0.05, 0.1) is 30.2 Å². The van der Waals surface area contributed by atoms with Gasteiger partial charge in [0, 0.05) is 12.1 Å². The van der Waals surface area contributed by atoms with Crippen molar-refractivity contribution in [1.82, 2.24) is 4.57 Å². The lowest BCUT2D eigenvalue weighted by Crippen LogP contribution is -2.54. The topological polar surface area (TPSA) is 94.2 Å². The molecule has 2 aromatic carbocycles. The molecule has 3 aromatic rings. The summed E-state index contributed by atoms with van der Waals surface area (Å²) in [5.41, 5.74) is 8.36. The van der Waals surface area contributed by atoms with Gasteiger partial charge in [0.2, 0.25) is 0 Å². The van der Waals surface area contributed by atoms with E-state index in [0.29, 0.717) is 54.3 Å². The molecule has 0 amide bonds. The van der Waals surface area contributed by atoms with Crippen molar-refractivity contribution in [2.24, 2.45) is 17.1 Å². The minimum Gasteiger partial charge on any atom is -0.408 e. The Labute approximate surface area is 185 Å². The first-order chi connectivity index (χ1) is 15.4. The zero-order valence-electron chi connectivity index (χ0n) is 18.1. The second-order valence-electron chi connectivity index (χ2n) is 9.14. The van der Waals surface area contributed by atoms with Crippen LogP contribution in [0.5, 0.6) is 0 Å². The zero-order valence-corrected chi connectivity index (χ0v) is 18.1. The fourth-order valence-electron chi connectivity index (χ4n) is 5.15. The molecule has 3 atom stereocenters. The van der Waals surface area contributed by atoms with Crippen molar-refractivity contribution in [2.75, 3.05) is 13.2 Å². The molecule has 0 aliphatic heterocycles. The van der Waals surface area contributed by atoms with E-state index in [1.807, 2.05) is 25.1 Å². The Morgan fingerprint density at radius 3 is 2.69 bits per heavy atom. The van der Waals surface area contributed by atoms with E-state index >= 15 is 4.39 Å². The van der Waals surface area contributed by atoms with Crippen LogP contribution in [0.1, 0.15) is 31.7 Å². The molecule has 7 heteroatoms. The van der Waals surface area contributed by atoms with E-state index in [0.717, 1.165) is 24.8 Å². The highest BCUT2D eigenvalue weighted by molar-refractivity contribution is 5.80. The quantitative estimate of drug-likeness (QED) is 0.540. The number of hydrogen-bond acceptors (Lipinski definition) is 5. The molecule has 2 N–H and O–H groups in total. The molecule has 1 heterocycles. The smallest absolute Gasteiger partial charge is 0.408 e. The number of nitriles is 1. The van der Waals surface area contributed by atoms with Gasteiger partial charge in [0.25, 0.3) is 0 Å². The maximum Gasteiger partial charge on any atom is 0.420 e. The molecule has 2 saturated carbocycles. The molecule has 166 valence electrons. The number of nitrogens with zero attached hydrogens (tertiary/aromatic N) is 2. The third-order valence-corrected chi connectivity index (χ3v) is 7.21.